The minimum Gasteiger partial charge on any atom is -0.444 e. The van der Waals surface area contributed by atoms with Crippen LogP contribution in [-0.4, -0.2) is 39.1 Å². The average molecular weight is 349 g/mol. The third kappa shape index (κ3) is 3.15. The van der Waals surface area contributed by atoms with E-state index in [9.17, 15) is 4.79 Å². The predicted octanol–water partition coefficient (Wildman–Crippen LogP) is 2.76. The summed E-state index contributed by atoms with van der Waals surface area (Å²) in [5.74, 6) is 1.45. The van der Waals surface area contributed by atoms with E-state index < -0.39 is 0 Å². The molecule has 0 unspecified atom stereocenters. The summed E-state index contributed by atoms with van der Waals surface area (Å²) in [5.41, 5.74) is 3.57. The number of nitrogens with one attached hydrogen (secondary N) is 1. The Kier molecular flexibility index (Phi) is 4.35. The van der Waals surface area contributed by atoms with Crippen molar-refractivity contribution in [1.82, 2.24) is 20.1 Å². The van der Waals surface area contributed by atoms with Crippen LogP contribution in [-0.2, 0) is 13.0 Å². The maximum absolute atomic E-state index is 12.9. The van der Waals surface area contributed by atoms with E-state index >= 15 is 0 Å². The van der Waals surface area contributed by atoms with Gasteiger partial charge in [0.25, 0.3) is 5.91 Å². The van der Waals surface area contributed by atoms with Crippen LogP contribution in [0.4, 0.5) is 5.82 Å². The Morgan fingerprint density at radius 3 is 2.85 bits per heavy atom. The first-order valence-electron chi connectivity index (χ1n) is 8.62. The van der Waals surface area contributed by atoms with Crippen molar-refractivity contribution in [3.8, 4) is 11.3 Å². The number of carbonyl (C=O) groups is 1. The normalized spacial score (nSPS) is 13.3. The van der Waals surface area contributed by atoms with Gasteiger partial charge in [-0.25, -0.2) is 4.98 Å². The van der Waals surface area contributed by atoms with Crippen molar-refractivity contribution in [3.05, 3.63) is 59.7 Å². The van der Waals surface area contributed by atoms with Crippen molar-refractivity contribution < 1.29 is 9.21 Å². The van der Waals surface area contributed by atoms with Crippen LogP contribution in [0.25, 0.3) is 11.3 Å². The van der Waals surface area contributed by atoms with E-state index in [1.165, 1.54) is 6.39 Å². The van der Waals surface area contributed by atoms with Crippen LogP contribution in [0.3, 0.4) is 0 Å². The number of oxazole rings is 1. The van der Waals surface area contributed by atoms with Gasteiger partial charge in [-0.05, 0) is 30.7 Å². The molecule has 4 rings (SSSR count). The fourth-order valence-electron chi connectivity index (χ4n) is 3.09. The molecule has 1 aromatic carbocycles. The fraction of sp³-hybridized carbons (Fsp3) is 0.263. The maximum Gasteiger partial charge on any atom is 0.254 e. The fourth-order valence-corrected chi connectivity index (χ4v) is 3.09. The highest BCUT2D eigenvalue weighted by molar-refractivity contribution is 5.94. The molecule has 0 aliphatic carbocycles. The van der Waals surface area contributed by atoms with Crippen LogP contribution >= 0.6 is 0 Å². The summed E-state index contributed by atoms with van der Waals surface area (Å²) < 4.78 is 5.28. The van der Waals surface area contributed by atoms with Gasteiger partial charge in [-0.2, -0.15) is 5.10 Å². The Hall–Kier alpha value is -3.22. The van der Waals surface area contributed by atoms with E-state index in [-0.39, 0.29) is 5.91 Å². The smallest absolute Gasteiger partial charge is 0.254 e. The van der Waals surface area contributed by atoms with Crippen LogP contribution in [0.5, 0.6) is 0 Å². The number of rotatable bonds is 4. The van der Waals surface area contributed by atoms with E-state index in [1.54, 1.807) is 6.20 Å². The molecule has 26 heavy (non-hydrogen) atoms. The quantitative estimate of drug-likeness (QED) is 0.780. The van der Waals surface area contributed by atoms with Gasteiger partial charge in [0.2, 0.25) is 0 Å². The van der Waals surface area contributed by atoms with E-state index in [1.807, 2.05) is 42.2 Å². The number of nitrogens with zero attached hydrogens (tertiary/aromatic N) is 4. The SMILES string of the molecule is CCNc1cc2c(nn1)CCN(C(=O)c1ccc(-c3cnco3)cc1)C2. The second-order valence-electron chi connectivity index (χ2n) is 6.15. The van der Waals surface area contributed by atoms with Gasteiger partial charge in [-0.3, -0.25) is 4.79 Å². The van der Waals surface area contributed by atoms with Gasteiger partial charge < -0.3 is 14.6 Å². The van der Waals surface area contributed by atoms with Crippen LogP contribution in [0.2, 0.25) is 0 Å². The average Bonchev–Trinajstić information content (AvgIpc) is 3.22. The second kappa shape index (κ2) is 6.95. The summed E-state index contributed by atoms with van der Waals surface area (Å²) in [5, 5.41) is 11.6. The van der Waals surface area contributed by atoms with Gasteiger partial charge in [0.1, 0.15) is 5.82 Å². The molecule has 0 saturated heterocycles. The summed E-state index contributed by atoms with van der Waals surface area (Å²) in [6, 6.07) is 9.38. The molecule has 2 aromatic heterocycles. The van der Waals surface area contributed by atoms with Gasteiger partial charge in [-0.1, -0.05) is 12.1 Å². The molecule has 3 heterocycles. The maximum atomic E-state index is 12.9. The van der Waals surface area contributed by atoms with Crippen molar-refractivity contribution in [1.29, 1.82) is 0 Å². The third-order valence-corrected chi connectivity index (χ3v) is 4.43. The number of fused-ring (bicyclic) bond motifs is 1. The first-order chi connectivity index (χ1) is 12.7. The number of hydrogen-bond donors (Lipinski definition) is 1. The van der Waals surface area contributed by atoms with Crippen molar-refractivity contribution >= 4 is 11.7 Å². The summed E-state index contributed by atoms with van der Waals surface area (Å²) in [6.07, 6.45) is 3.77. The Morgan fingerprint density at radius 2 is 2.12 bits per heavy atom. The molecule has 132 valence electrons. The number of hydrogen-bond acceptors (Lipinski definition) is 6. The molecule has 1 N–H and O–H groups in total. The Labute approximate surface area is 151 Å². The number of benzene rings is 1. The number of aromatic nitrogens is 3. The molecule has 0 radical (unpaired) electrons. The van der Waals surface area contributed by atoms with Crippen LogP contribution in [0.15, 0.2) is 47.3 Å². The summed E-state index contributed by atoms with van der Waals surface area (Å²) in [4.78, 5) is 18.6. The summed E-state index contributed by atoms with van der Waals surface area (Å²) in [7, 11) is 0. The molecule has 1 aliphatic heterocycles. The Bertz CT molecular complexity index is 906. The van der Waals surface area contributed by atoms with Gasteiger partial charge in [-0.15, -0.1) is 5.10 Å². The molecule has 1 aliphatic rings. The number of anilines is 1. The standard InChI is InChI=1S/C19H19N5O2/c1-2-21-18-9-15-11-24(8-7-16(15)22-23-18)19(25)14-5-3-13(4-6-14)17-10-20-12-26-17/h3-6,9-10,12H,2,7-8,11H2,1H3,(H,21,23). The van der Waals surface area contributed by atoms with Crippen LogP contribution in [0.1, 0.15) is 28.5 Å². The summed E-state index contributed by atoms with van der Waals surface area (Å²) >= 11 is 0. The molecule has 0 fully saturated rings. The molecule has 0 spiro atoms. The van der Waals surface area contributed by atoms with Gasteiger partial charge in [0, 0.05) is 37.2 Å². The van der Waals surface area contributed by atoms with Crippen molar-refractivity contribution in [2.75, 3.05) is 18.4 Å². The lowest BCUT2D eigenvalue weighted by Crippen LogP contribution is -2.36. The van der Waals surface area contributed by atoms with Crippen molar-refractivity contribution in [2.45, 2.75) is 19.9 Å². The zero-order valence-electron chi connectivity index (χ0n) is 14.5. The molecule has 0 saturated carbocycles. The van der Waals surface area contributed by atoms with E-state index in [2.05, 4.69) is 20.5 Å². The minimum atomic E-state index is 0.0154. The molecule has 0 atom stereocenters. The topological polar surface area (TPSA) is 84.2 Å². The lowest BCUT2D eigenvalue weighted by molar-refractivity contribution is 0.0733. The number of carbonyl (C=O) groups excluding carboxylic acids is 1. The highest BCUT2D eigenvalue weighted by Crippen LogP contribution is 2.23. The lowest BCUT2D eigenvalue weighted by atomic mass is 10.0. The second-order valence-corrected chi connectivity index (χ2v) is 6.15. The first kappa shape index (κ1) is 16.3. The number of amides is 1. The van der Waals surface area contributed by atoms with Crippen LogP contribution < -0.4 is 5.32 Å². The molecule has 1 amide bonds. The molecule has 0 bridgehead atoms. The summed E-state index contributed by atoms with van der Waals surface area (Å²) in [6.45, 7) is 3.99. The van der Waals surface area contributed by atoms with Gasteiger partial charge in [0.05, 0.1) is 11.9 Å². The largest absolute Gasteiger partial charge is 0.444 e. The lowest BCUT2D eigenvalue weighted by Gasteiger charge is -2.28. The molecule has 7 nitrogen and oxygen atoms in total. The first-order valence-corrected chi connectivity index (χ1v) is 8.62. The van der Waals surface area contributed by atoms with E-state index in [0.717, 1.165) is 35.6 Å². The highest BCUT2D eigenvalue weighted by atomic mass is 16.3. The monoisotopic (exact) mass is 349 g/mol. The zero-order chi connectivity index (χ0) is 17.9. The minimum absolute atomic E-state index is 0.0154. The van der Waals surface area contributed by atoms with Gasteiger partial charge in [0.15, 0.2) is 12.2 Å². The molecule has 7 heteroatoms. The van der Waals surface area contributed by atoms with E-state index in [4.69, 9.17) is 4.42 Å². The predicted molar refractivity (Wildman–Crippen MR) is 96.6 cm³/mol. The van der Waals surface area contributed by atoms with Crippen molar-refractivity contribution in [2.24, 2.45) is 0 Å². The molecular formula is C19H19N5O2. The molecule has 3 aromatic rings. The van der Waals surface area contributed by atoms with Crippen LogP contribution in [0, 0.1) is 0 Å². The zero-order valence-corrected chi connectivity index (χ0v) is 14.5. The third-order valence-electron chi connectivity index (χ3n) is 4.43. The van der Waals surface area contributed by atoms with Gasteiger partial charge >= 0.3 is 0 Å². The Balaban J connectivity index is 1.51. The van der Waals surface area contributed by atoms with E-state index in [0.29, 0.717) is 24.4 Å². The van der Waals surface area contributed by atoms with Crippen molar-refractivity contribution in [3.63, 3.8) is 0 Å². The molecular weight excluding hydrogens is 330 g/mol. The Morgan fingerprint density at radius 1 is 1.27 bits per heavy atom. The highest BCUT2D eigenvalue weighted by Gasteiger charge is 2.23.